The molecule has 0 aliphatic carbocycles. The molecular weight excluding hydrogens is 355 g/mol. The van der Waals surface area contributed by atoms with Gasteiger partial charge in [-0.2, -0.15) is 0 Å². The number of fused-ring (bicyclic) bond motifs is 1. The minimum atomic E-state index is -0.266. The molecule has 0 saturated heterocycles. The number of hydrogen-bond donors (Lipinski definition) is 1. The zero-order chi connectivity index (χ0) is 13.2. The molecule has 0 fully saturated rings. The molecule has 1 N–H and O–H groups in total. The highest BCUT2D eigenvalue weighted by atomic mass is 127. The van der Waals surface area contributed by atoms with Crippen LogP contribution < -0.4 is 10.1 Å². The molecule has 0 saturated carbocycles. The standard InChI is InChI=1S/C14H11IN2O2/c15-9-5-6-13(16-7-9)17-14(18)11-8-19-12-4-2-1-3-10(11)12/h1-7,11H,8H2,(H,16,17,18). The predicted octanol–water partition coefficient (Wildman–Crippen LogP) is 2.80. The van der Waals surface area contributed by atoms with Gasteiger partial charge in [0.1, 0.15) is 24.1 Å². The van der Waals surface area contributed by atoms with Crippen LogP contribution in [0.4, 0.5) is 5.82 Å². The number of aromatic nitrogens is 1. The van der Waals surface area contributed by atoms with E-state index in [1.165, 1.54) is 0 Å². The molecule has 19 heavy (non-hydrogen) atoms. The Hall–Kier alpha value is -1.63. The second-order valence-electron chi connectivity index (χ2n) is 4.25. The fourth-order valence-electron chi connectivity index (χ4n) is 2.04. The van der Waals surface area contributed by atoms with Crippen molar-refractivity contribution in [1.29, 1.82) is 0 Å². The molecule has 0 radical (unpaired) electrons. The normalized spacial score (nSPS) is 16.6. The number of amides is 1. The van der Waals surface area contributed by atoms with Crippen molar-refractivity contribution in [1.82, 2.24) is 4.98 Å². The van der Waals surface area contributed by atoms with E-state index >= 15 is 0 Å². The predicted molar refractivity (Wildman–Crippen MR) is 80.3 cm³/mol. The van der Waals surface area contributed by atoms with Crippen molar-refractivity contribution in [2.24, 2.45) is 0 Å². The molecule has 0 bridgehead atoms. The van der Waals surface area contributed by atoms with Crippen LogP contribution in [0.15, 0.2) is 42.6 Å². The highest BCUT2D eigenvalue weighted by Crippen LogP contribution is 2.33. The summed E-state index contributed by atoms with van der Waals surface area (Å²) in [6, 6.07) is 11.3. The lowest BCUT2D eigenvalue weighted by Crippen LogP contribution is -2.22. The van der Waals surface area contributed by atoms with Gasteiger partial charge >= 0.3 is 0 Å². The molecule has 2 aromatic rings. The van der Waals surface area contributed by atoms with Gasteiger partial charge in [0.05, 0.1) is 0 Å². The smallest absolute Gasteiger partial charge is 0.236 e. The summed E-state index contributed by atoms with van der Waals surface area (Å²) in [5, 5.41) is 2.82. The topological polar surface area (TPSA) is 51.2 Å². The second-order valence-corrected chi connectivity index (χ2v) is 5.50. The van der Waals surface area contributed by atoms with E-state index in [1.807, 2.05) is 30.3 Å². The third-order valence-corrected chi connectivity index (χ3v) is 3.63. The molecule has 1 aromatic heterocycles. The minimum Gasteiger partial charge on any atom is -0.492 e. The van der Waals surface area contributed by atoms with Crippen LogP contribution in [0, 0.1) is 3.57 Å². The molecule has 1 aliphatic heterocycles. The van der Waals surface area contributed by atoms with Gasteiger partial charge in [0.2, 0.25) is 5.91 Å². The second kappa shape index (κ2) is 5.16. The number of ether oxygens (including phenoxy) is 1. The van der Waals surface area contributed by atoms with Gasteiger partial charge in [-0.15, -0.1) is 0 Å². The Bertz CT molecular complexity index is 613. The van der Waals surface area contributed by atoms with Crippen molar-refractivity contribution in [2.75, 3.05) is 11.9 Å². The molecule has 4 nitrogen and oxygen atoms in total. The van der Waals surface area contributed by atoms with E-state index in [9.17, 15) is 4.79 Å². The van der Waals surface area contributed by atoms with Crippen LogP contribution in [-0.4, -0.2) is 17.5 Å². The van der Waals surface area contributed by atoms with Crippen molar-refractivity contribution < 1.29 is 9.53 Å². The van der Waals surface area contributed by atoms with Crippen LogP contribution in [0.25, 0.3) is 0 Å². The molecule has 1 unspecified atom stereocenters. The average molecular weight is 366 g/mol. The van der Waals surface area contributed by atoms with Crippen molar-refractivity contribution in [3.05, 3.63) is 51.7 Å². The van der Waals surface area contributed by atoms with Crippen LogP contribution in [0.1, 0.15) is 11.5 Å². The number of pyridine rings is 1. The van der Waals surface area contributed by atoms with E-state index in [0.717, 1.165) is 14.9 Å². The molecule has 1 amide bonds. The van der Waals surface area contributed by atoms with E-state index in [4.69, 9.17) is 4.74 Å². The first kappa shape index (κ1) is 12.4. The maximum Gasteiger partial charge on any atom is 0.236 e. The number of rotatable bonds is 2. The van der Waals surface area contributed by atoms with Gasteiger partial charge in [-0.25, -0.2) is 4.98 Å². The van der Waals surface area contributed by atoms with E-state index in [-0.39, 0.29) is 11.8 Å². The number of hydrogen-bond acceptors (Lipinski definition) is 3. The molecule has 3 rings (SSSR count). The van der Waals surface area contributed by atoms with Crippen molar-refractivity contribution >= 4 is 34.3 Å². The molecule has 1 aliphatic rings. The Kier molecular flexibility index (Phi) is 3.37. The van der Waals surface area contributed by atoms with Gasteiger partial charge in [0.15, 0.2) is 0 Å². The molecule has 1 atom stereocenters. The lowest BCUT2D eigenvalue weighted by Gasteiger charge is -2.09. The van der Waals surface area contributed by atoms with Gasteiger partial charge in [-0.1, -0.05) is 18.2 Å². The fraction of sp³-hybridized carbons (Fsp3) is 0.143. The largest absolute Gasteiger partial charge is 0.492 e. The van der Waals surface area contributed by atoms with Gasteiger partial charge in [0.25, 0.3) is 0 Å². The molecule has 5 heteroatoms. The lowest BCUT2D eigenvalue weighted by molar-refractivity contribution is -0.117. The number of carbonyl (C=O) groups excluding carboxylic acids is 1. The zero-order valence-electron chi connectivity index (χ0n) is 9.97. The summed E-state index contributed by atoms with van der Waals surface area (Å²) < 4.78 is 6.54. The van der Waals surface area contributed by atoms with E-state index in [1.54, 1.807) is 12.3 Å². The average Bonchev–Trinajstić information content (AvgIpc) is 2.85. The summed E-state index contributed by atoms with van der Waals surface area (Å²) in [5.74, 6) is 1.00. The van der Waals surface area contributed by atoms with Crippen LogP contribution >= 0.6 is 22.6 Å². The summed E-state index contributed by atoms with van der Waals surface area (Å²) in [7, 11) is 0. The number of nitrogens with zero attached hydrogens (tertiary/aromatic N) is 1. The summed E-state index contributed by atoms with van der Waals surface area (Å²) in [5.41, 5.74) is 0.936. The molecule has 96 valence electrons. The number of para-hydroxylation sites is 1. The quantitative estimate of drug-likeness (QED) is 0.832. The molecule has 2 heterocycles. The third-order valence-electron chi connectivity index (χ3n) is 3.00. The number of nitrogens with one attached hydrogen (secondary N) is 1. The van der Waals surface area contributed by atoms with Gasteiger partial charge in [0, 0.05) is 15.3 Å². The van der Waals surface area contributed by atoms with Crippen LogP contribution in [0.2, 0.25) is 0 Å². The lowest BCUT2D eigenvalue weighted by atomic mass is 10.0. The number of carbonyl (C=O) groups is 1. The monoisotopic (exact) mass is 366 g/mol. The van der Waals surface area contributed by atoms with E-state index in [2.05, 4.69) is 32.9 Å². The maximum atomic E-state index is 12.2. The van der Waals surface area contributed by atoms with Crippen molar-refractivity contribution in [2.45, 2.75) is 5.92 Å². The Morgan fingerprint density at radius 3 is 2.95 bits per heavy atom. The van der Waals surface area contributed by atoms with Crippen LogP contribution in [0.3, 0.4) is 0 Å². The van der Waals surface area contributed by atoms with Gasteiger partial charge in [-0.05, 0) is 40.8 Å². The van der Waals surface area contributed by atoms with Crippen molar-refractivity contribution in [3.63, 3.8) is 0 Å². The molecule has 1 aromatic carbocycles. The Morgan fingerprint density at radius 2 is 2.16 bits per heavy atom. The first-order chi connectivity index (χ1) is 9.24. The highest BCUT2D eigenvalue weighted by molar-refractivity contribution is 14.1. The van der Waals surface area contributed by atoms with Crippen LogP contribution in [0.5, 0.6) is 5.75 Å². The third kappa shape index (κ3) is 2.56. The van der Waals surface area contributed by atoms with Gasteiger partial charge < -0.3 is 10.1 Å². The Labute approximate surface area is 124 Å². The SMILES string of the molecule is O=C(Nc1ccc(I)cn1)C1COc2ccccc21. The number of halogens is 1. The summed E-state index contributed by atoms with van der Waals surface area (Å²) in [6.45, 7) is 0.384. The first-order valence-corrected chi connectivity index (χ1v) is 6.96. The number of benzene rings is 1. The Balaban J connectivity index is 1.77. The molecular formula is C14H11IN2O2. The zero-order valence-corrected chi connectivity index (χ0v) is 12.1. The van der Waals surface area contributed by atoms with E-state index in [0.29, 0.717) is 12.4 Å². The molecule has 0 spiro atoms. The minimum absolute atomic E-state index is 0.0846. The van der Waals surface area contributed by atoms with Crippen molar-refractivity contribution in [3.8, 4) is 5.75 Å². The summed E-state index contributed by atoms with van der Waals surface area (Å²) in [6.07, 6.45) is 1.72. The highest BCUT2D eigenvalue weighted by Gasteiger charge is 2.30. The van der Waals surface area contributed by atoms with Gasteiger partial charge in [-0.3, -0.25) is 4.79 Å². The summed E-state index contributed by atoms with van der Waals surface area (Å²) >= 11 is 2.17. The summed E-state index contributed by atoms with van der Waals surface area (Å²) in [4.78, 5) is 16.4. The first-order valence-electron chi connectivity index (χ1n) is 5.88. The number of anilines is 1. The maximum absolute atomic E-state index is 12.2. The van der Waals surface area contributed by atoms with Crippen LogP contribution in [-0.2, 0) is 4.79 Å². The Morgan fingerprint density at radius 1 is 1.32 bits per heavy atom. The van der Waals surface area contributed by atoms with E-state index < -0.39 is 0 Å². The fourth-order valence-corrected chi connectivity index (χ4v) is 2.36.